The second-order valence-electron chi connectivity index (χ2n) is 5.85. The molecule has 5 nitrogen and oxygen atoms in total. The van der Waals surface area contributed by atoms with Crippen LogP contribution in [0.15, 0.2) is 71.3 Å². The first-order chi connectivity index (χ1) is 12.7. The first-order valence-electron chi connectivity index (χ1n) is 8.18. The number of para-hydroxylation sites is 2. The minimum atomic E-state index is -0.830. The van der Waals surface area contributed by atoms with Gasteiger partial charge in [0, 0.05) is 5.69 Å². The Morgan fingerprint density at radius 1 is 1.08 bits per heavy atom. The van der Waals surface area contributed by atoms with E-state index >= 15 is 0 Å². The molecule has 132 valence electrons. The van der Waals surface area contributed by atoms with Crippen molar-refractivity contribution in [3.8, 4) is 11.5 Å². The van der Waals surface area contributed by atoms with Crippen LogP contribution in [0.1, 0.15) is 5.76 Å². The van der Waals surface area contributed by atoms with E-state index in [0.717, 1.165) is 0 Å². The van der Waals surface area contributed by atoms with Crippen LogP contribution >= 0.6 is 0 Å². The van der Waals surface area contributed by atoms with Crippen molar-refractivity contribution in [2.75, 3.05) is 11.5 Å². The maximum Gasteiger partial charge on any atom is 0.272 e. The average molecular weight is 353 g/mol. The quantitative estimate of drug-likeness (QED) is 0.716. The predicted molar refractivity (Wildman–Crippen MR) is 92.7 cm³/mol. The standard InChI is InChI=1S/C20H16FNO4/c21-14-5-3-6-15(11-14)22(12-16-7-4-10-24-16)20(23)19-13-25-17-8-1-2-9-18(17)26-19/h1-11,19H,12-13H2/t19-/m1/s1. The molecular formula is C20H16FNO4. The number of furan rings is 1. The van der Waals surface area contributed by atoms with E-state index in [4.69, 9.17) is 13.9 Å². The van der Waals surface area contributed by atoms with Crippen LogP contribution in [0.3, 0.4) is 0 Å². The van der Waals surface area contributed by atoms with Crippen LogP contribution in [0.4, 0.5) is 10.1 Å². The number of fused-ring (bicyclic) bond motifs is 1. The number of carbonyl (C=O) groups excluding carboxylic acids is 1. The van der Waals surface area contributed by atoms with Gasteiger partial charge in [-0.25, -0.2) is 4.39 Å². The molecule has 0 fully saturated rings. The fourth-order valence-corrected chi connectivity index (χ4v) is 2.81. The van der Waals surface area contributed by atoms with Crippen molar-refractivity contribution in [1.29, 1.82) is 0 Å². The number of nitrogens with zero attached hydrogens (tertiary/aromatic N) is 1. The van der Waals surface area contributed by atoms with Gasteiger partial charge in [0.15, 0.2) is 11.5 Å². The summed E-state index contributed by atoms with van der Waals surface area (Å²) in [6.45, 7) is 0.247. The molecule has 6 heteroatoms. The average Bonchev–Trinajstić information content (AvgIpc) is 3.18. The lowest BCUT2D eigenvalue weighted by molar-refractivity contribution is -0.127. The van der Waals surface area contributed by atoms with Crippen molar-refractivity contribution in [1.82, 2.24) is 0 Å². The van der Waals surface area contributed by atoms with Gasteiger partial charge in [-0.2, -0.15) is 0 Å². The Bertz CT molecular complexity index is 910. The Balaban J connectivity index is 1.62. The molecule has 3 aromatic rings. The molecule has 1 amide bonds. The number of carbonyl (C=O) groups is 1. The Labute approximate surface area is 149 Å². The number of benzene rings is 2. The van der Waals surface area contributed by atoms with Crippen LogP contribution in [-0.4, -0.2) is 18.6 Å². The summed E-state index contributed by atoms with van der Waals surface area (Å²) in [5.41, 5.74) is 0.425. The lowest BCUT2D eigenvalue weighted by Crippen LogP contribution is -2.46. The molecule has 0 aliphatic carbocycles. The van der Waals surface area contributed by atoms with Gasteiger partial charge in [-0.15, -0.1) is 0 Å². The van der Waals surface area contributed by atoms with Crippen LogP contribution < -0.4 is 14.4 Å². The Morgan fingerprint density at radius 2 is 1.92 bits per heavy atom. The highest BCUT2D eigenvalue weighted by Crippen LogP contribution is 2.32. The number of hydrogen-bond donors (Lipinski definition) is 0. The molecule has 1 atom stereocenters. The number of halogens is 1. The van der Waals surface area contributed by atoms with Crippen LogP contribution in [0.2, 0.25) is 0 Å². The monoisotopic (exact) mass is 353 g/mol. The van der Waals surface area contributed by atoms with Gasteiger partial charge in [-0.3, -0.25) is 4.79 Å². The summed E-state index contributed by atoms with van der Waals surface area (Å²) >= 11 is 0. The van der Waals surface area contributed by atoms with Gasteiger partial charge in [0.2, 0.25) is 6.10 Å². The summed E-state index contributed by atoms with van der Waals surface area (Å²) in [7, 11) is 0. The molecule has 0 spiro atoms. The maximum absolute atomic E-state index is 13.7. The maximum atomic E-state index is 13.7. The lowest BCUT2D eigenvalue weighted by atomic mass is 10.2. The zero-order valence-corrected chi connectivity index (χ0v) is 13.8. The Hall–Kier alpha value is -3.28. The topological polar surface area (TPSA) is 51.9 Å². The Morgan fingerprint density at radius 3 is 2.69 bits per heavy atom. The van der Waals surface area contributed by atoms with Crippen LogP contribution in [-0.2, 0) is 11.3 Å². The number of anilines is 1. The van der Waals surface area contributed by atoms with E-state index in [9.17, 15) is 9.18 Å². The van der Waals surface area contributed by atoms with Crippen molar-refractivity contribution in [3.63, 3.8) is 0 Å². The molecule has 2 aromatic carbocycles. The number of hydrogen-bond acceptors (Lipinski definition) is 4. The number of ether oxygens (including phenoxy) is 2. The molecule has 0 saturated carbocycles. The molecule has 0 bridgehead atoms. The highest BCUT2D eigenvalue weighted by Gasteiger charge is 2.32. The van der Waals surface area contributed by atoms with Gasteiger partial charge in [-0.1, -0.05) is 18.2 Å². The van der Waals surface area contributed by atoms with Crippen molar-refractivity contribution >= 4 is 11.6 Å². The predicted octanol–water partition coefficient (Wildman–Crippen LogP) is 3.79. The third kappa shape index (κ3) is 3.26. The van der Waals surface area contributed by atoms with E-state index in [0.29, 0.717) is 22.9 Å². The highest BCUT2D eigenvalue weighted by atomic mass is 19.1. The van der Waals surface area contributed by atoms with Gasteiger partial charge in [0.05, 0.1) is 12.8 Å². The molecule has 0 radical (unpaired) electrons. The number of rotatable bonds is 4. The fourth-order valence-electron chi connectivity index (χ4n) is 2.81. The lowest BCUT2D eigenvalue weighted by Gasteiger charge is -2.30. The fraction of sp³-hybridized carbons (Fsp3) is 0.150. The third-order valence-electron chi connectivity index (χ3n) is 4.06. The van der Waals surface area contributed by atoms with Gasteiger partial charge < -0.3 is 18.8 Å². The normalized spacial score (nSPS) is 15.5. The van der Waals surface area contributed by atoms with Gasteiger partial charge in [0.25, 0.3) is 5.91 Å². The SMILES string of the molecule is O=C([C@H]1COc2ccccc2O1)N(Cc1ccco1)c1cccc(F)c1. The summed E-state index contributed by atoms with van der Waals surface area (Å²) in [6.07, 6.45) is 0.697. The van der Waals surface area contributed by atoms with E-state index < -0.39 is 11.9 Å². The Kier molecular flexibility index (Phi) is 4.31. The van der Waals surface area contributed by atoms with E-state index in [2.05, 4.69) is 0 Å². The van der Waals surface area contributed by atoms with Gasteiger partial charge in [-0.05, 0) is 42.5 Å². The van der Waals surface area contributed by atoms with Gasteiger partial charge in [0.1, 0.15) is 18.2 Å². The molecule has 0 unspecified atom stereocenters. The smallest absolute Gasteiger partial charge is 0.272 e. The first-order valence-corrected chi connectivity index (χ1v) is 8.18. The summed E-state index contributed by atoms with van der Waals surface area (Å²) < 4.78 is 30.5. The number of amides is 1. The molecule has 2 heterocycles. The van der Waals surface area contributed by atoms with E-state index in [-0.39, 0.29) is 19.1 Å². The molecule has 0 N–H and O–H groups in total. The van der Waals surface area contributed by atoms with E-state index in [1.807, 2.05) is 12.1 Å². The highest BCUT2D eigenvalue weighted by molar-refractivity contribution is 5.97. The molecule has 26 heavy (non-hydrogen) atoms. The second kappa shape index (κ2) is 6.92. The van der Waals surface area contributed by atoms with Crippen molar-refractivity contribution < 1.29 is 23.1 Å². The minimum Gasteiger partial charge on any atom is -0.485 e. The van der Waals surface area contributed by atoms with Crippen LogP contribution in [0.25, 0.3) is 0 Å². The molecule has 1 aromatic heterocycles. The minimum absolute atomic E-state index is 0.0832. The van der Waals surface area contributed by atoms with Crippen molar-refractivity contribution in [2.24, 2.45) is 0 Å². The summed E-state index contributed by atoms with van der Waals surface area (Å²) in [5, 5.41) is 0. The van der Waals surface area contributed by atoms with E-state index in [1.165, 1.54) is 23.3 Å². The molecule has 4 rings (SSSR count). The second-order valence-corrected chi connectivity index (χ2v) is 5.85. The van der Waals surface area contributed by atoms with Crippen molar-refractivity contribution in [3.05, 3.63) is 78.5 Å². The van der Waals surface area contributed by atoms with Crippen LogP contribution in [0, 0.1) is 5.82 Å². The van der Waals surface area contributed by atoms with Crippen molar-refractivity contribution in [2.45, 2.75) is 12.6 Å². The van der Waals surface area contributed by atoms with Gasteiger partial charge >= 0.3 is 0 Å². The zero-order chi connectivity index (χ0) is 17.9. The summed E-state index contributed by atoms with van der Waals surface area (Å²) in [4.78, 5) is 14.5. The molecular weight excluding hydrogens is 337 g/mol. The van der Waals surface area contributed by atoms with Crippen LogP contribution in [0.5, 0.6) is 11.5 Å². The largest absolute Gasteiger partial charge is 0.485 e. The summed E-state index contributed by atoms with van der Waals surface area (Å²) in [5.74, 6) is 0.932. The molecule has 0 saturated heterocycles. The molecule has 1 aliphatic rings. The zero-order valence-electron chi connectivity index (χ0n) is 13.8. The summed E-state index contributed by atoms with van der Waals surface area (Å²) in [6, 6.07) is 16.5. The van der Waals surface area contributed by atoms with E-state index in [1.54, 1.807) is 36.4 Å². The molecule has 1 aliphatic heterocycles. The third-order valence-corrected chi connectivity index (χ3v) is 4.06. The first kappa shape index (κ1) is 16.2.